The number of likely N-dealkylation sites (N-methyl/N-ethyl adjacent to an activating group) is 1. The summed E-state index contributed by atoms with van der Waals surface area (Å²) in [5, 5.41) is 0. The van der Waals surface area contributed by atoms with Gasteiger partial charge in [0.05, 0.1) is 0 Å². The van der Waals surface area contributed by atoms with Crippen LogP contribution in [-0.4, -0.2) is 25.5 Å². The van der Waals surface area contributed by atoms with E-state index in [2.05, 4.69) is 25.3 Å². The predicted molar refractivity (Wildman–Crippen MR) is 59.2 cm³/mol. The van der Waals surface area contributed by atoms with E-state index in [0.717, 1.165) is 6.54 Å². The number of hydrogen-bond acceptors (Lipinski definition) is 1. The van der Waals surface area contributed by atoms with E-state index in [1.54, 1.807) is 0 Å². The number of nitrogens with zero attached hydrogens (tertiary/aromatic N) is 1. The third kappa shape index (κ3) is 65.5. The Labute approximate surface area is 83.7 Å². The molecule has 0 unspecified atom stereocenters. The van der Waals surface area contributed by atoms with Gasteiger partial charge >= 0.3 is 0 Å². The lowest BCUT2D eigenvalue weighted by atomic mass is 10.6. The van der Waals surface area contributed by atoms with E-state index in [9.17, 15) is 0 Å². The lowest BCUT2D eigenvalue weighted by Gasteiger charge is -2.01. The molecule has 0 heterocycles. The number of hydrogen-bond donors (Lipinski definition) is 0. The normalized spacial score (nSPS) is 6.64. The fourth-order valence-corrected chi connectivity index (χ4v) is 0.258. The third-order valence-electron chi connectivity index (χ3n) is 0.494. The fraction of sp³-hybridized carbons (Fsp3) is 0.750. The molecule has 72 valence electrons. The van der Waals surface area contributed by atoms with Gasteiger partial charge in [-0.3, -0.25) is 0 Å². The summed E-state index contributed by atoms with van der Waals surface area (Å²) in [7, 11) is 4.03. The Morgan fingerprint density at radius 2 is 1.45 bits per heavy atom. The summed E-state index contributed by atoms with van der Waals surface area (Å²) in [6, 6.07) is 0. The zero-order valence-corrected chi connectivity index (χ0v) is 9.60. The van der Waals surface area contributed by atoms with E-state index in [0.29, 0.717) is 0 Å². The van der Waals surface area contributed by atoms with E-state index in [1.807, 2.05) is 20.2 Å². The van der Waals surface area contributed by atoms with Crippen molar-refractivity contribution in [2.45, 2.75) is 20.3 Å². The molecule has 0 amide bonds. The Balaban J connectivity index is -0.0000000437. The van der Waals surface area contributed by atoms with Crippen LogP contribution in [0.25, 0.3) is 0 Å². The van der Waals surface area contributed by atoms with Crippen LogP contribution in [0, 0.1) is 0 Å². The van der Waals surface area contributed by atoms with Crippen molar-refractivity contribution in [2.75, 3.05) is 20.6 Å². The lowest BCUT2D eigenvalue weighted by Crippen LogP contribution is -2.09. The molecule has 0 fully saturated rings. The van der Waals surface area contributed by atoms with Crippen molar-refractivity contribution in [3.05, 3.63) is 12.7 Å². The quantitative estimate of drug-likeness (QED) is 0.622. The maximum absolute atomic E-state index is 3.56. The van der Waals surface area contributed by atoms with E-state index < -0.39 is 0 Å². The first-order valence-corrected chi connectivity index (χ1v) is 3.44. The molecular formula is C8H21Cl2N. The molecule has 0 aliphatic heterocycles. The van der Waals surface area contributed by atoms with Crippen LogP contribution in [0.2, 0.25) is 0 Å². The van der Waals surface area contributed by atoms with Crippen molar-refractivity contribution in [3.63, 3.8) is 0 Å². The molecule has 0 saturated heterocycles. The molecule has 0 N–H and O–H groups in total. The van der Waals surface area contributed by atoms with Gasteiger partial charge in [-0.15, -0.1) is 31.4 Å². The van der Waals surface area contributed by atoms with Crippen LogP contribution in [-0.2, 0) is 0 Å². The Morgan fingerprint density at radius 3 is 1.45 bits per heavy atom. The first-order valence-electron chi connectivity index (χ1n) is 3.44. The molecule has 0 aliphatic carbocycles. The summed E-state index contributed by atoms with van der Waals surface area (Å²) in [4.78, 5) is 2.06. The van der Waals surface area contributed by atoms with E-state index in [4.69, 9.17) is 0 Å². The molecule has 0 atom stereocenters. The van der Waals surface area contributed by atoms with Crippen molar-refractivity contribution in [1.29, 1.82) is 0 Å². The van der Waals surface area contributed by atoms with Gasteiger partial charge in [0.2, 0.25) is 0 Å². The average molecular weight is 202 g/mol. The van der Waals surface area contributed by atoms with E-state index in [1.165, 1.54) is 6.42 Å². The van der Waals surface area contributed by atoms with Crippen molar-refractivity contribution in [3.8, 4) is 0 Å². The van der Waals surface area contributed by atoms with Crippen LogP contribution in [0.15, 0.2) is 12.7 Å². The lowest BCUT2D eigenvalue weighted by molar-refractivity contribution is 0.457. The van der Waals surface area contributed by atoms with Gasteiger partial charge in [0, 0.05) is 6.54 Å². The standard InChI is InChI=1S/C5H11N.C3H8.2ClH/c1-4-5-6(2)3;1-3-2;;/h4H,1,5H2,2-3H3;3H2,1-2H3;2*1H. The molecule has 0 saturated carbocycles. The van der Waals surface area contributed by atoms with Crippen LogP contribution in [0.5, 0.6) is 0 Å². The smallest absolute Gasteiger partial charge is 0.0154 e. The van der Waals surface area contributed by atoms with Crippen molar-refractivity contribution < 1.29 is 0 Å². The van der Waals surface area contributed by atoms with Crippen LogP contribution >= 0.6 is 24.8 Å². The summed E-state index contributed by atoms with van der Waals surface area (Å²) >= 11 is 0. The zero-order chi connectivity index (χ0) is 7.70. The fourth-order valence-electron chi connectivity index (χ4n) is 0.258. The second-order valence-electron chi connectivity index (χ2n) is 2.26. The molecule has 1 nitrogen and oxygen atoms in total. The second-order valence-corrected chi connectivity index (χ2v) is 2.26. The van der Waals surface area contributed by atoms with Gasteiger partial charge in [-0.1, -0.05) is 26.3 Å². The van der Waals surface area contributed by atoms with Gasteiger partial charge in [-0.25, -0.2) is 0 Å². The highest BCUT2D eigenvalue weighted by atomic mass is 35.5. The van der Waals surface area contributed by atoms with E-state index >= 15 is 0 Å². The molecule has 3 heteroatoms. The minimum atomic E-state index is 0. The van der Waals surface area contributed by atoms with Crippen molar-refractivity contribution in [1.82, 2.24) is 4.90 Å². The molecule has 0 bridgehead atoms. The van der Waals surface area contributed by atoms with Gasteiger partial charge in [0.15, 0.2) is 0 Å². The Kier molecular flexibility index (Phi) is 45.9. The molecule has 0 aromatic heterocycles. The van der Waals surface area contributed by atoms with Gasteiger partial charge in [-0.05, 0) is 14.1 Å². The van der Waals surface area contributed by atoms with Crippen LogP contribution in [0.1, 0.15) is 20.3 Å². The molecule has 0 spiro atoms. The molecule has 0 aromatic carbocycles. The van der Waals surface area contributed by atoms with Gasteiger partial charge in [0.25, 0.3) is 0 Å². The van der Waals surface area contributed by atoms with Gasteiger partial charge in [0.1, 0.15) is 0 Å². The second kappa shape index (κ2) is 22.4. The highest BCUT2D eigenvalue weighted by molar-refractivity contribution is 5.85. The minimum absolute atomic E-state index is 0. The maximum Gasteiger partial charge on any atom is 0.0154 e. The Hall–Kier alpha value is 0.280. The largest absolute Gasteiger partial charge is 0.306 e. The predicted octanol–water partition coefficient (Wildman–Crippen LogP) is 2.99. The Bertz CT molecular complexity index is 56.1. The van der Waals surface area contributed by atoms with Gasteiger partial charge < -0.3 is 4.90 Å². The zero-order valence-electron chi connectivity index (χ0n) is 7.96. The summed E-state index contributed by atoms with van der Waals surface area (Å²) in [5.41, 5.74) is 0. The summed E-state index contributed by atoms with van der Waals surface area (Å²) in [6.07, 6.45) is 3.12. The monoisotopic (exact) mass is 201 g/mol. The minimum Gasteiger partial charge on any atom is -0.306 e. The SMILES string of the molecule is C=CCN(C)C.CCC.Cl.Cl. The highest BCUT2D eigenvalue weighted by Gasteiger charge is 1.75. The Morgan fingerprint density at radius 1 is 1.18 bits per heavy atom. The third-order valence-corrected chi connectivity index (χ3v) is 0.494. The highest BCUT2D eigenvalue weighted by Crippen LogP contribution is 1.69. The van der Waals surface area contributed by atoms with Crippen molar-refractivity contribution >= 4 is 24.8 Å². The number of rotatable bonds is 2. The first kappa shape index (κ1) is 22.5. The maximum atomic E-state index is 3.56. The van der Waals surface area contributed by atoms with E-state index in [-0.39, 0.29) is 24.8 Å². The molecule has 0 aliphatic rings. The summed E-state index contributed by atoms with van der Waals surface area (Å²) < 4.78 is 0. The molecule has 0 aromatic rings. The average Bonchev–Trinajstić information content (AvgIpc) is 1.67. The van der Waals surface area contributed by atoms with Gasteiger partial charge in [-0.2, -0.15) is 0 Å². The molecule has 0 rings (SSSR count). The molecule has 11 heavy (non-hydrogen) atoms. The molecular weight excluding hydrogens is 181 g/mol. The number of halogens is 2. The summed E-state index contributed by atoms with van der Waals surface area (Å²) in [5.74, 6) is 0. The summed E-state index contributed by atoms with van der Waals surface area (Å²) in [6.45, 7) is 8.78. The van der Waals surface area contributed by atoms with Crippen molar-refractivity contribution in [2.24, 2.45) is 0 Å². The molecule has 0 radical (unpaired) electrons. The van der Waals surface area contributed by atoms with Crippen LogP contribution < -0.4 is 0 Å². The van der Waals surface area contributed by atoms with Crippen LogP contribution in [0.4, 0.5) is 0 Å². The first-order chi connectivity index (χ1) is 4.18. The topological polar surface area (TPSA) is 3.24 Å². The van der Waals surface area contributed by atoms with Crippen LogP contribution in [0.3, 0.4) is 0 Å².